The Morgan fingerprint density at radius 3 is 2.56 bits per heavy atom. The van der Waals surface area contributed by atoms with Crippen LogP contribution < -0.4 is 11.2 Å². The number of nitrogens with one attached hydrogen (secondary N) is 1. The Labute approximate surface area is 147 Å². The van der Waals surface area contributed by atoms with Gasteiger partial charge in [0.25, 0.3) is 5.56 Å². The van der Waals surface area contributed by atoms with Crippen LogP contribution in [-0.4, -0.2) is 82.5 Å². The normalized spacial score (nSPS) is 21.6. The summed E-state index contributed by atoms with van der Waals surface area (Å²) < 4.78 is 1.38. The van der Waals surface area contributed by atoms with E-state index in [0.717, 1.165) is 45.6 Å². The second-order valence-corrected chi connectivity index (χ2v) is 7.32. The van der Waals surface area contributed by atoms with Gasteiger partial charge >= 0.3 is 5.69 Å². The number of likely N-dealkylation sites (N-methyl/N-ethyl adjacent to an activating group) is 1. The Morgan fingerprint density at radius 1 is 1.16 bits per heavy atom. The van der Waals surface area contributed by atoms with Crippen molar-refractivity contribution in [2.24, 2.45) is 0 Å². The number of amides is 1. The van der Waals surface area contributed by atoms with Crippen LogP contribution in [0.1, 0.15) is 19.3 Å². The predicted octanol–water partition coefficient (Wildman–Crippen LogP) is -0.835. The van der Waals surface area contributed by atoms with Gasteiger partial charge in [-0.3, -0.25) is 19.5 Å². The molecule has 2 fully saturated rings. The summed E-state index contributed by atoms with van der Waals surface area (Å²) in [6.07, 6.45) is 3.86. The number of hydrogen-bond donors (Lipinski definition) is 1. The molecule has 0 radical (unpaired) electrons. The minimum absolute atomic E-state index is 0.0736. The standard InChI is InChI=1S/C17H27N5O3/c1-19-9-5-17(6-10-19)13-22(12-11-20(17)2)15(24)4-8-21-7-3-14(23)18-16(21)25/h3,7H,4-6,8-13H2,1-2H3,(H,18,23,25). The molecule has 0 unspecified atom stereocenters. The van der Waals surface area contributed by atoms with Crippen molar-refractivity contribution in [3.8, 4) is 0 Å². The number of nitrogens with zero attached hydrogens (tertiary/aromatic N) is 4. The van der Waals surface area contributed by atoms with E-state index in [1.165, 1.54) is 16.8 Å². The third-order valence-corrected chi connectivity index (χ3v) is 5.73. The van der Waals surface area contributed by atoms with Gasteiger partial charge < -0.3 is 14.4 Å². The van der Waals surface area contributed by atoms with Gasteiger partial charge in [0, 0.05) is 50.4 Å². The van der Waals surface area contributed by atoms with E-state index in [4.69, 9.17) is 0 Å². The van der Waals surface area contributed by atoms with Crippen molar-refractivity contribution in [3.63, 3.8) is 0 Å². The minimum atomic E-state index is -0.467. The summed E-state index contributed by atoms with van der Waals surface area (Å²) in [5.74, 6) is 0.0736. The fourth-order valence-electron chi connectivity index (χ4n) is 3.84. The smallest absolute Gasteiger partial charge is 0.328 e. The number of aryl methyl sites for hydroxylation is 1. The number of piperazine rings is 1. The fraction of sp³-hybridized carbons (Fsp3) is 0.706. The van der Waals surface area contributed by atoms with Gasteiger partial charge in [0.05, 0.1) is 0 Å². The van der Waals surface area contributed by atoms with Gasteiger partial charge in [-0.2, -0.15) is 0 Å². The summed E-state index contributed by atoms with van der Waals surface area (Å²) >= 11 is 0. The summed E-state index contributed by atoms with van der Waals surface area (Å²) in [5, 5.41) is 0. The number of aromatic amines is 1. The van der Waals surface area contributed by atoms with Crippen LogP contribution in [-0.2, 0) is 11.3 Å². The molecule has 25 heavy (non-hydrogen) atoms. The largest absolute Gasteiger partial charge is 0.339 e. The molecule has 0 aromatic carbocycles. The second-order valence-electron chi connectivity index (χ2n) is 7.32. The van der Waals surface area contributed by atoms with E-state index in [1.54, 1.807) is 0 Å². The van der Waals surface area contributed by atoms with E-state index in [-0.39, 0.29) is 24.4 Å². The first-order chi connectivity index (χ1) is 11.9. The lowest BCUT2D eigenvalue weighted by Gasteiger charge is -2.52. The SMILES string of the molecule is CN1CCC2(CC1)CN(C(=O)CCn1ccc(=O)[nH]c1=O)CCN2C. The number of H-pyrrole nitrogens is 1. The van der Waals surface area contributed by atoms with E-state index in [1.807, 2.05) is 4.90 Å². The number of piperidine rings is 1. The number of likely N-dealkylation sites (tertiary alicyclic amines) is 1. The fourth-order valence-corrected chi connectivity index (χ4v) is 3.84. The third-order valence-electron chi connectivity index (χ3n) is 5.73. The number of carbonyl (C=O) groups is 1. The number of aromatic nitrogens is 2. The van der Waals surface area contributed by atoms with Crippen LogP contribution in [0.2, 0.25) is 0 Å². The molecule has 3 heterocycles. The highest BCUT2D eigenvalue weighted by Gasteiger charge is 2.42. The molecule has 0 aliphatic carbocycles. The average Bonchev–Trinajstić information content (AvgIpc) is 2.59. The zero-order valence-corrected chi connectivity index (χ0v) is 15.0. The molecule has 0 atom stereocenters. The molecule has 2 aliphatic heterocycles. The number of hydrogen-bond acceptors (Lipinski definition) is 5. The van der Waals surface area contributed by atoms with E-state index in [0.29, 0.717) is 0 Å². The molecule has 1 amide bonds. The van der Waals surface area contributed by atoms with Crippen LogP contribution in [0.15, 0.2) is 21.9 Å². The van der Waals surface area contributed by atoms with E-state index < -0.39 is 11.2 Å². The lowest BCUT2D eigenvalue weighted by Crippen LogP contribution is -2.65. The van der Waals surface area contributed by atoms with Gasteiger partial charge in [-0.25, -0.2) is 4.79 Å². The third kappa shape index (κ3) is 3.85. The van der Waals surface area contributed by atoms with Crippen molar-refractivity contribution >= 4 is 5.91 Å². The summed E-state index contributed by atoms with van der Waals surface area (Å²) in [7, 11) is 4.30. The van der Waals surface area contributed by atoms with Crippen molar-refractivity contribution < 1.29 is 4.79 Å². The highest BCUT2D eigenvalue weighted by atomic mass is 16.2. The van der Waals surface area contributed by atoms with Gasteiger partial charge in [0.1, 0.15) is 0 Å². The van der Waals surface area contributed by atoms with Gasteiger partial charge in [-0.1, -0.05) is 0 Å². The monoisotopic (exact) mass is 349 g/mol. The Morgan fingerprint density at radius 2 is 1.88 bits per heavy atom. The first-order valence-electron chi connectivity index (χ1n) is 8.87. The molecule has 2 aliphatic rings. The highest BCUT2D eigenvalue weighted by Crippen LogP contribution is 2.31. The Hall–Kier alpha value is -1.93. The maximum atomic E-state index is 12.7. The predicted molar refractivity (Wildman–Crippen MR) is 94.6 cm³/mol. The molecule has 8 heteroatoms. The van der Waals surface area contributed by atoms with Crippen LogP contribution in [0.3, 0.4) is 0 Å². The van der Waals surface area contributed by atoms with E-state index >= 15 is 0 Å². The quantitative estimate of drug-likeness (QED) is 0.770. The Bertz CT molecular complexity index is 732. The molecule has 2 saturated heterocycles. The molecule has 3 rings (SSSR count). The van der Waals surface area contributed by atoms with E-state index in [9.17, 15) is 14.4 Å². The maximum absolute atomic E-state index is 12.7. The van der Waals surface area contributed by atoms with Crippen LogP contribution in [0.25, 0.3) is 0 Å². The van der Waals surface area contributed by atoms with Crippen molar-refractivity contribution in [3.05, 3.63) is 33.1 Å². The summed E-state index contributed by atoms with van der Waals surface area (Å²) in [6.45, 7) is 4.77. The van der Waals surface area contributed by atoms with Crippen molar-refractivity contribution in [1.29, 1.82) is 0 Å². The van der Waals surface area contributed by atoms with Gasteiger partial charge in [0.15, 0.2) is 0 Å². The Balaban J connectivity index is 1.62. The molecule has 138 valence electrons. The number of rotatable bonds is 3. The van der Waals surface area contributed by atoms with Gasteiger partial charge in [0.2, 0.25) is 5.91 Å². The Kier molecular flexibility index (Phi) is 5.10. The lowest BCUT2D eigenvalue weighted by molar-refractivity contribution is -0.138. The molecule has 1 spiro atoms. The summed E-state index contributed by atoms with van der Waals surface area (Å²) in [5.41, 5.74) is -0.809. The molecule has 0 bridgehead atoms. The second kappa shape index (κ2) is 7.13. The average molecular weight is 349 g/mol. The van der Waals surface area contributed by atoms with Gasteiger partial charge in [-0.05, 0) is 40.0 Å². The maximum Gasteiger partial charge on any atom is 0.328 e. The molecular formula is C17H27N5O3. The lowest BCUT2D eigenvalue weighted by atomic mass is 9.84. The first kappa shape index (κ1) is 17.9. The van der Waals surface area contributed by atoms with Crippen molar-refractivity contribution in [2.75, 3.05) is 46.8 Å². The molecule has 1 aromatic rings. The highest BCUT2D eigenvalue weighted by molar-refractivity contribution is 5.76. The number of carbonyl (C=O) groups excluding carboxylic acids is 1. The van der Waals surface area contributed by atoms with Crippen LogP contribution in [0, 0.1) is 0 Å². The summed E-state index contributed by atoms with van der Waals surface area (Å²) in [4.78, 5) is 44.4. The van der Waals surface area contributed by atoms with Crippen LogP contribution >= 0.6 is 0 Å². The zero-order chi connectivity index (χ0) is 18.0. The molecule has 0 saturated carbocycles. The van der Waals surface area contributed by atoms with Crippen LogP contribution in [0.4, 0.5) is 0 Å². The van der Waals surface area contributed by atoms with Crippen molar-refractivity contribution in [1.82, 2.24) is 24.3 Å². The minimum Gasteiger partial charge on any atom is -0.339 e. The molecule has 8 nitrogen and oxygen atoms in total. The summed E-state index contributed by atoms with van der Waals surface area (Å²) in [6, 6.07) is 1.30. The van der Waals surface area contributed by atoms with Crippen molar-refractivity contribution in [2.45, 2.75) is 31.3 Å². The first-order valence-corrected chi connectivity index (χ1v) is 8.87. The topological polar surface area (TPSA) is 81.6 Å². The molecular weight excluding hydrogens is 322 g/mol. The van der Waals surface area contributed by atoms with Gasteiger partial charge in [-0.15, -0.1) is 0 Å². The van der Waals surface area contributed by atoms with E-state index in [2.05, 4.69) is 28.9 Å². The molecule has 1 N–H and O–H groups in total. The van der Waals surface area contributed by atoms with Crippen LogP contribution in [0.5, 0.6) is 0 Å². The molecule has 1 aromatic heterocycles. The zero-order valence-electron chi connectivity index (χ0n) is 15.0.